The summed E-state index contributed by atoms with van der Waals surface area (Å²) < 4.78 is 1.02. The smallest absolute Gasteiger partial charge is 0.220 e. The number of hydrogen-bond acceptors (Lipinski definition) is 2. The lowest BCUT2D eigenvalue weighted by molar-refractivity contribution is -0.121. The number of nitrogens with one attached hydrogen (secondary N) is 1. The Labute approximate surface area is 139 Å². The second-order valence-electron chi connectivity index (χ2n) is 5.15. The molecule has 0 bridgehead atoms. The fraction of sp³-hybridized carbons (Fsp3) is 0.222. The Morgan fingerprint density at radius 3 is 2.64 bits per heavy atom. The van der Waals surface area contributed by atoms with E-state index in [4.69, 9.17) is 5.26 Å². The number of halogens is 1. The van der Waals surface area contributed by atoms with Crippen molar-refractivity contribution in [3.05, 3.63) is 69.7 Å². The highest BCUT2D eigenvalue weighted by atomic mass is 79.9. The number of carbonyl (C=O) groups is 1. The number of nitrogens with zero attached hydrogens (tertiary/aromatic N) is 1. The Hall–Kier alpha value is -2.12. The average molecular weight is 357 g/mol. The van der Waals surface area contributed by atoms with E-state index in [-0.39, 0.29) is 11.9 Å². The van der Waals surface area contributed by atoms with Crippen molar-refractivity contribution >= 4 is 21.8 Å². The summed E-state index contributed by atoms with van der Waals surface area (Å²) in [6.07, 6.45) is 1.17. The van der Waals surface area contributed by atoms with Gasteiger partial charge in [-0.05, 0) is 48.7 Å². The Morgan fingerprint density at radius 2 is 2.00 bits per heavy atom. The molecule has 2 rings (SSSR count). The van der Waals surface area contributed by atoms with Crippen LogP contribution in [0.5, 0.6) is 0 Å². The minimum absolute atomic E-state index is 0.0248. The largest absolute Gasteiger partial charge is 0.350 e. The maximum absolute atomic E-state index is 12.0. The van der Waals surface area contributed by atoms with Crippen LogP contribution in [0, 0.1) is 11.3 Å². The average Bonchev–Trinajstić information content (AvgIpc) is 2.53. The zero-order valence-electron chi connectivity index (χ0n) is 12.3. The van der Waals surface area contributed by atoms with Crippen LogP contribution in [-0.4, -0.2) is 5.91 Å². The number of nitriles is 1. The van der Waals surface area contributed by atoms with Crippen LogP contribution >= 0.6 is 15.9 Å². The van der Waals surface area contributed by atoms with Crippen molar-refractivity contribution in [2.75, 3.05) is 0 Å². The Morgan fingerprint density at radius 1 is 1.27 bits per heavy atom. The molecule has 1 N–H and O–H groups in total. The van der Waals surface area contributed by atoms with E-state index < -0.39 is 0 Å². The van der Waals surface area contributed by atoms with Crippen LogP contribution in [0.25, 0.3) is 0 Å². The third kappa shape index (κ3) is 4.71. The van der Waals surface area contributed by atoms with Gasteiger partial charge >= 0.3 is 0 Å². The summed E-state index contributed by atoms with van der Waals surface area (Å²) in [6.45, 7) is 1.94. The molecule has 3 nitrogen and oxygen atoms in total. The normalized spacial score (nSPS) is 11.5. The molecule has 112 valence electrons. The fourth-order valence-corrected chi connectivity index (χ4v) is 2.64. The van der Waals surface area contributed by atoms with Crippen molar-refractivity contribution in [2.24, 2.45) is 0 Å². The second kappa shape index (κ2) is 7.77. The summed E-state index contributed by atoms with van der Waals surface area (Å²) in [4.78, 5) is 12.0. The van der Waals surface area contributed by atoms with Crippen LogP contribution in [0.2, 0.25) is 0 Å². The van der Waals surface area contributed by atoms with Crippen LogP contribution < -0.4 is 5.32 Å². The number of rotatable bonds is 5. The van der Waals surface area contributed by atoms with Gasteiger partial charge in [0.25, 0.3) is 0 Å². The van der Waals surface area contributed by atoms with Gasteiger partial charge in [0.15, 0.2) is 0 Å². The molecule has 1 atom stereocenters. The van der Waals surface area contributed by atoms with Gasteiger partial charge in [0, 0.05) is 10.9 Å². The highest BCUT2D eigenvalue weighted by Crippen LogP contribution is 2.15. The second-order valence-corrected chi connectivity index (χ2v) is 6.07. The highest BCUT2D eigenvalue weighted by molar-refractivity contribution is 9.10. The summed E-state index contributed by atoms with van der Waals surface area (Å²) in [5.74, 6) is 0.0248. The first-order chi connectivity index (χ1) is 10.6. The van der Waals surface area contributed by atoms with Crippen molar-refractivity contribution < 1.29 is 4.79 Å². The van der Waals surface area contributed by atoms with E-state index in [0.29, 0.717) is 18.4 Å². The van der Waals surface area contributed by atoms with E-state index in [9.17, 15) is 4.79 Å². The summed E-state index contributed by atoms with van der Waals surface area (Å²) in [5.41, 5.74) is 2.75. The maximum Gasteiger partial charge on any atom is 0.220 e. The quantitative estimate of drug-likeness (QED) is 0.875. The van der Waals surface area contributed by atoms with Crippen molar-refractivity contribution in [3.63, 3.8) is 0 Å². The van der Waals surface area contributed by atoms with Gasteiger partial charge in [0.05, 0.1) is 17.7 Å². The highest BCUT2D eigenvalue weighted by Gasteiger charge is 2.09. The van der Waals surface area contributed by atoms with Gasteiger partial charge in [-0.1, -0.05) is 40.2 Å². The van der Waals surface area contributed by atoms with Crippen molar-refractivity contribution in [1.29, 1.82) is 5.26 Å². The standard InChI is InChI=1S/C18H17BrN2O/c1-13(16-8-5-15(12-20)6-9-16)21-18(22)10-7-14-3-2-4-17(19)11-14/h2-6,8-9,11,13H,7,10H2,1H3,(H,21,22). The first-order valence-corrected chi connectivity index (χ1v) is 7.91. The third-order valence-corrected chi connectivity index (χ3v) is 3.94. The molecule has 2 aromatic rings. The molecule has 0 radical (unpaired) electrons. The molecule has 2 aromatic carbocycles. The number of carbonyl (C=O) groups excluding carboxylic acids is 1. The molecular weight excluding hydrogens is 340 g/mol. The minimum atomic E-state index is -0.0669. The van der Waals surface area contributed by atoms with E-state index >= 15 is 0 Å². The van der Waals surface area contributed by atoms with E-state index in [0.717, 1.165) is 15.6 Å². The van der Waals surface area contributed by atoms with Gasteiger partial charge in [0.1, 0.15) is 0 Å². The molecule has 0 saturated carbocycles. The van der Waals surface area contributed by atoms with Crippen molar-refractivity contribution in [3.8, 4) is 6.07 Å². The zero-order valence-corrected chi connectivity index (χ0v) is 13.9. The van der Waals surface area contributed by atoms with Crippen molar-refractivity contribution in [1.82, 2.24) is 5.32 Å². The molecule has 0 aromatic heterocycles. The lowest BCUT2D eigenvalue weighted by Crippen LogP contribution is -2.26. The fourth-order valence-electron chi connectivity index (χ4n) is 2.19. The van der Waals surface area contributed by atoms with Gasteiger partial charge in [-0.3, -0.25) is 4.79 Å². The molecule has 0 heterocycles. The predicted molar refractivity (Wildman–Crippen MR) is 90.2 cm³/mol. The molecule has 0 saturated heterocycles. The van der Waals surface area contributed by atoms with Crippen LogP contribution in [0.1, 0.15) is 36.1 Å². The van der Waals surface area contributed by atoms with Gasteiger partial charge in [-0.25, -0.2) is 0 Å². The lowest BCUT2D eigenvalue weighted by Gasteiger charge is -2.14. The Bertz CT molecular complexity index is 689. The summed E-state index contributed by atoms with van der Waals surface area (Å²) in [6, 6.07) is 17.3. The van der Waals surface area contributed by atoms with E-state index in [1.165, 1.54) is 0 Å². The number of amides is 1. The van der Waals surface area contributed by atoms with Gasteiger partial charge < -0.3 is 5.32 Å². The number of benzene rings is 2. The SMILES string of the molecule is CC(NC(=O)CCc1cccc(Br)c1)c1ccc(C#N)cc1. The van der Waals surface area contributed by atoms with E-state index in [1.54, 1.807) is 12.1 Å². The summed E-state index contributed by atoms with van der Waals surface area (Å²) in [7, 11) is 0. The molecule has 0 aliphatic heterocycles. The monoisotopic (exact) mass is 356 g/mol. The van der Waals surface area contributed by atoms with E-state index in [2.05, 4.69) is 27.3 Å². The Balaban J connectivity index is 1.87. The third-order valence-electron chi connectivity index (χ3n) is 3.45. The molecule has 0 aliphatic rings. The van der Waals surface area contributed by atoms with Gasteiger partial charge in [-0.2, -0.15) is 5.26 Å². The maximum atomic E-state index is 12.0. The molecule has 0 aliphatic carbocycles. The minimum Gasteiger partial charge on any atom is -0.350 e. The lowest BCUT2D eigenvalue weighted by atomic mass is 10.1. The molecule has 1 unspecified atom stereocenters. The van der Waals surface area contributed by atoms with Crippen LogP contribution in [0.3, 0.4) is 0 Å². The van der Waals surface area contributed by atoms with Crippen LogP contribution in [0.15, 0.2) is 53.0 Å². The zero-order chi connectivity index (χ0) is 15.9. The van der Waals surface area contributed by atoms with Gasteiger partial charge in [0.2, 0.25) is 5.91 Å². The topological polar surface area (TPSA) is 52.9 Å². The summed E-state index contributed by atoms with van der Waals surface area (Å²) in [5, 5.41) is 11.8. The molecule has 0 fully saturated rings. The van der Waals surface area contributed by atoms with E-state index in [1.807, 2.05) is 43.3 Å². The van der Waals surface area contributed by atoms with Crippen LogP contribution in [0.4, 0.5) is 0 Å². The number of hydrogen-bond donors (Lipinski definition) is 1. The van der Waals surface area contributed by atoms with Crippen molar-refractivity contribution in [2.45, 2.75) is 25.8 Å². The van der Waals surface area contributed by atoms with Crippen LogP contribution in [-0.2, 0) is 11.2 Å². The number of aryl methyl sites for hydroxylation is 1. The Kier molecular flexibility index (Phi) is 5.74. The predicted octanol–water partition coefficient (Wildman–Crippen LogP) is 4.13. The summed E-state index contributed by atoms with van der Waals surface area (Å²) >= 11 is 3.43. The first-order valence-electron chi connectivity index (χ1n) is 7.12. The molecule has 1 amide bonds. The molecule has 22 heavy (non-hydrogen) atoms. The first kappa shape index (κ1) is 16.3. The van der Waals surface area contributed by atoms with Gasteiger partial charge in [-0.15, -0.1) is 0 Å². The molecule has 4 heteroatoms. The molecular formula is C18H17BrN2O. The molecule has 0 spiro atoms.